The van der Waals surface area contributed by atoms with Crippen LogP contribution < -0.4 is 0 Å². The smallest absolute Gasteiger partial charge is 0.226 e. The maximum absolute atomic E-state index is 13.5. The first kappa shape index (κ1) is 22.1. The third kappa shape index (κ3) is 5.98. The number of hydrogen-bond donors (Lipinski definition) is 1. The molecule has 0 unspecified atom stereocenters. The van der Waals surface area contributed by atoms with E-state index in [4.69, 9.17) is 0 Å². The van der Waals surface area contributed by atoms with E-state index in [1.165, 1.54) is 11.1 Å². The maximum Gasteiger partial charge on any atom is 0.226 e. The lowest BCUT2D eigenvalue weighted by atomic mass is 9.94. The van der Waals surface area contributed by atoms with E-state index in [-0.39, 0.29) is 11.8 Å². The van der Waals surface area contributed by atoms with Gasteiger partial charge in [0.05, 0.1) is 0 Å². The molecule has 4 rings (SSSR count). The standard InChI is InChI=1S/C28H32N2O2/c31-27-14-8-7-13-26(27)22-29-18-16-25(17-19-29)28(32)30(21-24-11-5-2-6-12-24)20-15-23-9-3-1-4-10-23/h1-14,25,31H,15-22H2. The second kappa shape index (κ2) is 11.0. The van der Waals surface area contributed by atoms with Crippen molar-refractivity contribution in [1.29, 1.82) is 0 Å². The third-order valence-electron chi connectivity index (χ3n) is 6.36. The van der Waals surface area contributed by atoms with Crippen LogP contribution in [0, 0.1) is 5.92 Å². The fourth-order valence-corrected chi connectivity index (χ4v) is 4.46. The van der Waals surface area contributed by atoms with Crippen molar-refractivity contribution in [3.63, 3.8) is 0 Å². The molecule has 1 amide bonds. The number of piperidine rings is 1. The van der Waals surface area contributed by atoms with E-state index >= 15 is 0 Å². The number of para-hydroxylation sites is 1. The molecular weight excluding hydrogens is 396 g/mol. The van der Waals surface area contributed by atoms with Crippen LogP contribution in [0.3, 0.4) is 0 Å². The van der Waals surface area contributed by atoms with Crippen molar-refractivity contribution >= 4 is 5.91 Å². The Kier molecular flexibility index (Phi) is 7.57. The van der Waals surface area contributed by atoms with Crippen LogP contribution in [0.5, 0.6) is 5.75 Å². The number of phenols is 1. The SMILES string of the molecule is O=C(C1CCN(Cc2ccccc2O)CC1)N(CCc1ccccc1)Cc1ccccc1. The predicted octanol–water partition coefficient (Wildman–Crippen LogP) is 4.88. The maximum atomic E-state index is 13.5. The largest absolute Gasteiger partial charge is 0.508 e. The minimum atomic E-state index is 0.0649. The van der Waals surface area contributed by atoms with Crippen molar-refractivity contribution in [2.75, 3.05) is 19.6 Å². The average molecular weight is 429 g/mol. The molecule has 1 aliphatic heterocycles. The molecule has 0 radical (unpaired) electrons. The molecule has 1 N–H and O–H groups in total. The number of carbonyl (C=O) groups is 1. The second-order valence-corrected chi connectivity index (χ2v) is 8.66. The Morgan fingerprint density at radius 2 is 1.44 bits per heavy atom. The Hall–Kier alpha value is -3.11. The molecule has 0 aromatic heterocycles. The van der Waals surface area contributed by atoms with Gasteiger partial charge in [0.15, 0.2) is 0 Å². The molecule has 4 heteroatoms. The van der Waals surface area contributed by atoms with E-state index in [1.807, 2.05) is 47.4 Å². The molecule has 3 aromatic rings. The van der Waals surface area contributed by atoms with Crippen molar-refractivity contribution in [3.05, 3.63) is 102 Å². The lowest BCUT2D eigenvalue weighted by molar-refractivity contribution is -0.137. The van der Waals surface area contributed by atoms with Gasteiger partial charge in [0.2, 0.25) is 5.91 Å². The summed E-state index contributed by atoms with van der Waals surface area (Å²) >= 11 is 0. The summed E-state index contributed by atoms with van der Waals surface area (Å²) in [5, 5.41) is 10.1. The summed E-state index contributed by atoms with van der Waals surface area (Å²) in [6, 6.07) is 28.2. The lowest BCUT2D eigenvalue weighted by Crippen LogP contribution is -2.42. The summed E-state index contributed by atoms with van der Waals surface area (Å²) in [6.45, 7) is 3.88. The van der Waals surface area contributed by atoms with Gasteiger partial charge in [0, 0.05) is 31.1 Å². The zero-order chi connectivity index (χ0) is 22.2. The number of rotatable bonds is 8. The van der Waals surface area contributed by atoms with Crippen LogP contribution in [-0.2, 0) is 24.3 Å². The normalized spacial score (nSPS) is 14.9. The monoisotopic (exact) mass is 428 g/mol. The van der Waals surface area contributed by atoms with Gasteiger partial charge in [-0.15, -0.1) is 0 Å². The van der Waals surface area contributed by atoms with Gasteiger partial charge in [-0.2, -0.15) is 0 Å². The Morgan fingerprint density at radius 1 is 0.844 bits per heavy atom. The van der Waals surface area contributed by atoms with Crippen LogP contribution >= 0.6 is 0 Å². The van der Waals surface area contributed by atoms with Gasteiger partial charge < -0.3 is 10.0 Å². The molecule has 0 bridgehead atoms. The molecule has 1 aliphatic rings. The fraction of sp³-hybridized carbons (Fsp3) is 0.321. The van der Waals surface area contributed by atoms with Crippen LogP contribution in [0.4, 0.5) is 0 Å². The van der Waals surface area contributed by atoms with Gasteiger partial charge in [0.25, 0.3) is 0 Å². The number of likely N-dealkylation sites (tertiary alicyclic amines) is 1. The molecule has 1 saturated heterocycles. The molecule has 3 aromatic carbocycles. The van der Waals surface area contributed by atoms with Crippen LogP contribution in [0.1, 0.15) is 29.5 Å². The Morgan fingerprint density at radius 3 is 2.09 bits per heavy atom. The van der Waals surface area contributed by atoms with E-state index in [2.05, 4.69) is 41.3 Å². The van der Waals surface area contributed by atoms with Gasteiger partial charge in [-0.25, -0.2) is 0 Å². The van der Waals surface area contributed by atoms with Gasteiger partial charge in [-0.1, -0.05) is 78.9 Å². The number of carbonyl (C=O) groups excluding carboxylic acids is 1. The summed E-state index contributed by atoms with van der Waals surface area (Å²) in [7, 11) is 0. The van der Waals surface area contributed by atoms with Crippen LogP contribution in [0.2, 0.25) is 0 Å². The highest BCUT2D eigenvalue weighted by molar-refractivity contribution is 5.79. The minimum absolute atomic E-state index is 0.0649. The van der Waals surface area contributed by atoms with Crippen molar-refractivity contribution < 1.29 is 9.90 Å². The summed E-state index contributed by atoms with van der Waals surface area (Å²) in [4.78, 5) is 17.9. The topological polar surface area (TPSA) is 43.8 Å². The molecule has 0 atom stereocenters. The Labute approximate surface area is 191 Å². The number of amides is 1. The van der Waals surface area contributed by atoms with Gasteiger partial charge in [-0.05, 0) is 49.5 Å². The van der Waals surface area contributed by atoms with Crippen LogP contribution in [0.15, 0.2) is 84.9 Å². The summed E-state index contributed by atoms with van der Waals surface area (Å²) in [5.74, 6) is 0.683. The molecule has 1 heterocycles. The number of aromatic hydroxyl groups is 1. The summed E-state index contributed by atoms with van der Waals surface area (Å²) in [6.07, 6.45) is 2.59. The molecule has 4 nitrogen and oxygen atoms in total. The van der Waals surface area contributed by atoms with Crippen LogP contribution in [0.25, 0.3) is 0 Å². The number of hydrogen-bond acceptors (Lipinski definition) is 3. The van der Waals surface area contributed by atoms with Crippen molar-refractivity contribution in [2.45, 2.75) is 32.4 Å². The van der Waals surface area contributed by atoms with E-state index in [0.717, 1.165) is 51.0 Å². The highest BCUT2D eigenvalue weighted by Gasteiger charge is 2.28. The summed E-state index contributed by atoms with van der Waals surface area (Å²) in [5.41, 5.74) is 3.38. The average Bonchev–Trinajstić information content (AvgIpc) is 2.84. The summed E-state index contributed by atoms with van der Waals surface area (Å²) < 4.78 is 0. The molecule has 32 heavy (non-hydrogen) atoms. The van der Waals surface area contributed by atoms with E-state index < -0.39 is 0 Å². The van der Waals surface area contributed by atoms with Crippen LogP contribution in [-0.4, -0.2) is 40.4 Å². The first-order valence-electron chi connectivity index (χ1n) is 11.5. The van der Waals surface area contributed by atoms with E-state index in [0.29, 0.717) is 12.3 Å². The zero-order valence-corrected chi connectivity index (χ0v) is 18.6. The van der Waals surface area contributed by atoms with Gasteiger partial charge in [0.1, 0.15) is 5.75 Å². The fourth-order valence-electron chi connectivity index (χ4n) is 4.46. The Bertz CT molecular complexity index is 983. The first-order valence-corrected chi connectivity index (χ1v) is 11.5. The third-order valence-corrected chi connectivity index (χ3v) is 6.36. The second-order valence-electron chi connectivity index (χ2n) is 8.66. The molecule has 0 saturated carbocycles. The highest BCUT2D eigenvalue weighted by Crippen LogP contribution is 2.25. The Balaban J connectivity index is 1.37. The zero-order valence-electron chi connectivity index (χ0n) is 18.6. The minimum Gasteiger partial charge on any atom is -0.508 e. The predicted molar refractivity (Wildman–Crippen MR) is 128 cm³/mol. The van der Waals surface area contributed by atoms with Gasteiger partial charge in [-0.3, -0.25) is 9.69 Å². The highest BCUT2D eigenvalue weighted by atomic mass is 16.3. The molecule has 0 spiro atoms. The molecule has 166 valence electrons. The van der Waals surface area contributed by atoms with E-state index in [9.17, 15) is 9.90 Å². The lowest BCUT2D eigenvalue weighted by Gasteiger charge is -2.34. The van der Waals surface area contributed by atoms with Crippen molar-refractivity contribution in [1.82, 2.24) is 9.80 Å². The first-order chi connectivity index (χ1) is 15.7. The molecule has 0 aliphatic carbocycles. The molecule has 1 fully saturated rings. The number of benzene rings is 3. The van der Waals surface area contributed by atoms with Crippen molar-refractivity contribution in [3.8, 4) is 5.75 Å². The molecular formula is C28H32N2O2. The number of nitrogens with zero attached hydrogens (tertiary/aromatic N) is 2. The number of phenolic OH excluding ortho intramolecular Hbond substituents is 1. The van der Waals surface area contributed by atoms with Crippen molar-refractivity contribution in [2.24, 2.45) is 5.92 Å². The van der Waals surface area contributed by atoms with Gasteiger partial charge >= 0.3 is 0 Å². The van der Waals surface area contributed by atoms with E-state index in [1.54, 1.807) is 6.07 Å². The quantitative estimate of drug-likeness (QED) is 0.556.